The summed E-state index contributed by atoms with van der Waals surface area (Å²) in [5.41, 5.74) is 10.4. The lowest BCUT2D eigenvalue weighted by molar-refractivity contribution is 0.661. The van der Waals surface area contributed by atoms with Crippen LogP contribution in [0.5, 0.6) is 0 Å². The number of nitrogens with zero attached hydrogens (tertiary/aromatic N) is 4. The summed E-state index contributed by atoms with van der Waals surface area (Å²) in [6.07, 6.45) is 0. The van der Waals surface area contributed by atoms with Gasteiger partial charge in [0, 0.05) is 36.9 Å². The van der Waals surface area contributed by atoms with E-state index in [2.05, 4.69) is 128 Å². The quantitative estimate of drug-likeness (QED) is 0.191. The van der Waals surface area contributed by atoms with Gasteiger partial charge in [-0.25, -0.2) is 4.98 Å². The summed E-state index contributed by atoms with van der Waals surface area (Å²) in [5, 5.41) is 3.64. The van der Waals surface area contributed by atoms with Crippen molar-refractivity contribution in [2.24, 2.45) is 0 Å². The molecule has 1 aliphatic rings. The minimum absolute atomic E-state index is 0.146. The average molecular weight is 647 g/mol. The molecule has 3 aromatic heterocycles. The van der Waals surface area contributed by atoms with Crippen molar-refractivity contribution in [3.8, 4) is 50.3 Å². The molecule has 0 fully saturated rings. The number of benzene rings is 6. The monoisotopic (exact) mass is 646 g/mol. The van der Waals surface area contributed by atoms with Gasteiger partial charge in [0.15, 0.2) is 11.6 Å². The smallest absolute Gasteiger partial charge is 0.238 e. The van der Waals surface area contributed by atoms with Gasteiger partial charge in [-0.3, -0.25) is 4.57 Å². The summed E-state index contributed by atoms with van der Waals surface area (Å²) in [7, 11) is 0. The Morgan fingerprint density at radius 3 is 1.90 bits per heavy atom. The summed E-state index contributed by atoms with van der Waals surface area (Å²) in [4.78, 5) is 16.6. The molecule has 4 nitrogen and oxygen atoms in total. The van der Waals surface area contributed by atoms with Gasteiger partial charge in [-0.2, -0.15) is 9.97 Å². The van der Waals surface area contributed by atoms with E-state index >= 15 is 0 Å². The van der Waals surface area contributed by atoms with Crippen molar-refractivity contribution in [2.75, 3.05) is 0 Å². The normalized spacial score (nSPS) is 13.3. The highest BCUT2D eigenvalue weighted by atomic mass is 32.1. The van der Waals surface area contributed by atoms with Crippen LogP contribution in [0.4, 0.5) is 0 Å². The second-order valence-corrected chi connectivity index (χ2v) is 14.4. The molecule has 9 aromatic rings. The second-order valence-electron chi connectivity index (χ2n) is 13.3. The van der Waals surface area contributed by atoms with Crippen molar-refractivity contribution in [3.63, 3.8) is 0 Å². The largest absolute Gasteiger partial charge is 0.278 e. The van der Waals surface area contributed by atoms with Crippen molar-refractivity contribution in [2.45, 2.75) is 19.3 Å². The van der Waals surface area contributed by atoms with Crippen LogP contribution in [0.15, 0.2) is 146 Å². The van der Waals surface area contributed by atoms with E-state index in [1.165, 1.54) is 53.6 Å². The topological polar surface area (TPSA) is 43.6 Å². The molecule has 49 heavy (non-hydrogen) atoms. The van der Waals surface area contributed by atoms with E-state index in [4.69, 9.17) is 15.0 Å². The molecule has 232 valence electrons. The zero-order valence-electron chi connectivity index (χ0n) is 27.1. The summed E-state index contributed by atoms with van der Waals surface area (Å²) in [6.45, 7) is 4.67. The van der Waals surface area contributed by atoms with E-state index < -0.39 is 0 Å². The minimum Gasteiger partial charge on any atom is -0.278 e. The van der Waals surface area contributed by atoms with Crippen molar-refractivity contribution in [1.82, 2.24) is 19.5 Å². The third kappa shape index (κ3) is 4.32. The van der Waals surface area contributed by atoms with Crippen LogP contribution in [-0.2, 0) is 5.41 Å². The Morgan fingerprint density at radius 2 is 1.16 bits per heavy atom. The molecule has 0 saturated heterocycles. The van der Waals surface area contributed by atoms with E-state index in [-0.39, 0.29) is 5.41 Å². The van der Waals surface area contributed by atoms with Crippen LogP contribution in [-0.4, -0.2) is 19.5 Å². The second kappa shape index (κ2) is 10.5. The molecule has 0 bridgehead atoms. The zero-order chi connectivity index (χ0) is 32.7. The lowest BCUT2D eigenvalue weighted by Crippen LogP contribution is -2.15. The lowest BCUT2D eigenvalue weighted by atomic mass is 9.82. The Morgan fingerprint density at radius 1 is 0.510 bits per heavy atom. The van der Waals surface area contributed by atoms with Crippen molar-refractivity contribution in [3.05, 3.63) is 157 Å². The molecular weight excluding hydrogens is 617 g/mol. The number of rotatable bonds is 4. The van der Waals surface area contributed by atoms with Crippen LogP contribution < -0.4 is 0 Å². The first-order valence-electron chi connectivity index (χ1n) is 16.6. The molecule has 3 heterocycles. The van der Waals surface area contributed by atoms with Crippen LogP contribution in [0.3, 0.4) is 0 Å². The van der Waals surface area contributed by atoms with Gasteiger partial charge in [0.05, 0.1) is 11.0 Å². The maximum Gasteiger partial charge on any atom is 0.238 e. The van der Waals surface area contributed by atoms with E-state index in [9.17, 15) is 0 Å². The standard InChI is InChI=1S/C44H30N4S/c1-44(2)35-19-11-10-18-31(35)32-25-34-33-23-30(40-24-29-17-9-12-20-39(29)49-40)21-22-37(33)48(38(34)26-36(32)44)43-46-41(27-13-5-3-6-14-27)45-42(47-43)28-15-7-4-8-16-28/h3-26H,1-2H3. The van der Waals surface area contributed by atoms with Crippen LogP contribution >= 0.6 is 11.3 Å². The summed E-state index contributed by atoms with van der Waals surface area (Å²) in [5.74, 6) is 1.90. The molecule has 0 N–H and O–H groups in total. The third-order valence-electron chi connectivity index (χ3n) is 10.1. The predicted molar refractivity (Wildman–Crippen MR) is 203 cm³/mol. The van der Waals surface area contributed by atoms with E-state index in [0.29, 0.717) is 17.6 Å². The van der Waals surface area contributed by atoms with Crippen molar-refractivity contribution >= 4 is 43.2 Å². The Hall–Kier alpha value is -5.91. The predicted octanol–water partition coefficient (Wildman–Crippen LogP) is 11.5. The molecule has 0 aliphatic heterocycles. The molecule has 0 saturated carbocycles. The lowest BCUT2D eigenvalue weighted by Gasteiger charge is -2.21. The number of thiophene rings is 1. The summed E-state index contributed by atoms with van der Waals surface area (Å²) in [6, 6.07) is 51.8. The molecule has 5 heteroatoms. The van der Waals surface area contributed by atoms with Gasteiger partial charge >= 0.3 is 0 Å². The highest BCUT2D eigenvalue weighted by Crippen LogP contribution is 2.51. The summed E-state index contributed by atoms with van der Waals surface area (Å²) >= 11 is 1.84. The fourth-order valence-corrected chi connectivity index (χ4v) is 8.66. The Bertz CT molecular complexity index is 2650. The fourth-order valence-electron chi connectivity index (χ4n) is 7.60. The van der Waals surface area contributed by atoms with Gasteiger partial charge in [-0.1, -0.05) is 123 Å². The average Bonchev–Trinajstić information content (AvgIpc) is 3.80. The molecule has 1 aliphatic carbocycles. The van der Waals surface area contributed by atoms with Crippen LogP contribution in [0.25, 0.3) is 82.2 Å². The first kappa shape index (κ1) is 28.1. The third-order valence-corrected chi connectivity index (χ3v) is 11.2. The highest BCUT2D eigenvalue weighted by molar-refractivity contribution is 7.22. The van der Waals surface area contributed by atoms with E-state index in [1.54, 1.807) is 0 Å². The van der Waals surface area contributed by atoms with Gasteiger partial charge in [0.25, 0.3) is 0 Å². The molecule has 0 amide bonds. The molecule has 0 spiro atoms. The maximum absolute atomic E-state index is 5.19. The Labute approximate surface area is 288 Å². The number of fused-ring (bicyclic) bond motifs is 7. The van der Waals surface area contributed by atoms with Gasteiger partial charge in [0.1, 0.15) is 0 Å². The van der Waals surface area contributed by atoms with Gasteiger partial charge in [-0.05, 0) is 69.6 Å². The molecular formula is C44H30N4S. The fraction of sp³-hybridized carbons (Fsp3) is 0.0682. The van der Waals surface area contributed by atoms with Gasteiger partial charge in [0.2, 0.25) is 5.95 Å². The Kier molecular flexibility index (Phi) is 6.05. The first-order chi connectivity index (χ1) is 24.0. The minimum atomic E-state index is -0.146. The first-order valence-corrected chi connectivity index (χ1v) is 17.4. The molecule has 6 aromatic carbocycles. The van der Waals surface area contributed by atoms with E-state index in [1.807, 2.05) is 47.7 Å². The van der Waals surface area contributed by atoms with Gasteiger partial charge < -0.3 is 0 Å². The van der Waals surface area contributed by atoms with Crippen LogP contribution in [0.1, 0.15) is 25.0 Å². The summed E-state index contributed by atoms with van der Waals surface area (Å²) < 4.78 is 3.54. The van der Waals surface area contributed by atoms with Crippen LogP contribution in [0.2, 0.25) is 0 Å². The number of hydrogen-bond donors (Lipinski definition) is 0. The Balaban J connectivity index is 1.29. The maximum atomic E-state index is 5.19. The van der Waals surface area contributed by atoms with Gasteiger partial charge in [-0.15, -0.1) is 11.3 Å². The highest BCUT2D eigenvalue weighted by Gasteiger charge is 2.36. The molecule has 0 atom stereocenters. The van der Waals surface area contributed by atoms with Crippen molar-refractivity contribution < 1.29 is 0 Å². The van der Waals surface area contributed by atoms with Crippen molar-refractivity contribution in [1.29, 1.82) is 0 Å². The number of aromatic nitrogens is 4. The zero-order valence-corrected chi connectivity index (χ0v) is 27.9. The number of hydrogen-bond acceptors (Lipinski definition) is 4. The molecule has 0 radical (unpaired) electrons. The van der Waals surface area contributed by atoms with Crippen LogP contribution in [0, 0.1) is 0 Å². The van der Waals surface area contributed by atoms with E-state index in [0.717, 1.165) is 22.2 Å². The molecule has 10 rings (SSSR count). The molecule has 0 unspecified atom stereocenters. The SMILES string of the molecule is CC1(C)c2ccccc2-c2cc3c4cc(-c5cc6ccccc6s5)ccc4n(-c4nc(-c5ccccc5)nc(-c5ccccc5)n4)c3cc21.